The number of likely N-dealkylation sites (tertiary alicyclic amines) is 1. The van der Waals surface area contributed by atoms with Gasteiger partial charge in [-0.3, -0.25) is 4.90 Å². The summed E-state index contributed by atoms with van der Waals surface area (Å²) >= 11 is 0. The van der Waals surface area contributed by atoms with Crippen LogP contribution in [0.3, 0.4) is 0 Å². The molecule has 0 unspecified atom stereocenters. The summed E-state index contributed by atoms with van der Waals surface area (Å²) in [5, 5.41) is 0. The molecule has 0 bridgehead atoms. The molecule has 0 aromatic carbocycles. The average Bonchev–Trinajstić information content (AvgIpc) is 2.29. The van der Waals surface area contributed by atoms with Crippen LogP contribution in [0.25, 0.3) is 0 Å². The molecular weight excluding hydrogens is 204 g/mol. The van der Waals surface area contributed by atoms with Gasteiger partial charge in [-0.25, -0.2) is 0 Å². The normalized spacial score (nSPS) is 36.8. The molecule has 0 aliphatic carbocycles. The molecule has 2 saturated heterocycles. The van der Waals surface area contributed by atoms with Crippen LogP contribution in [0.4, 0.5) is 0 Å². The van der Waals surface area contributed by atoms with Gasteiger partial charge in [0.2, 0.25) is 0 Å². The second-order valence-electron chi connectivity index (χ2n) is 5.05. The van der Waals surface area contributed by atoms with E-state index in [2.05, 4.69) is 4.90 Å². The number of rotatable bonds is 3. The zero-order valence-electron chi connectivity index (χ0n) is 10.3. The highest BCUT2D eigenvalue weighted by atomic mass is 16.5. The van der Waals surface area contributed by atoms with Gasteiger partial charge in [0.15, 0.2) is 0 Å². The van der Waals surface area contributed by atoms with Crippen molar-refractivity contribution in [1.29, 1.82) is 0 Å². The lowest BCUT2D eigenvalue weighted by atomic mass is 9.84. The Morgan fingerprint density at radius 3 is 3.19 bits per heavy atom. The van der Waals surface area contributed by atoms with E-state index in [0.29, 0.717) is 6.10 Å². The Bertz CT molecular complexity index is 219. The van der Waals surface area contributed by atoms with Crippen molar-refractivity contribution in [3.05, 3.63) is 0 Å². The fourth-order valence-corrected chi connectivity index (χ4v) is 3.03. The largest absolute Gasteiger partial charge is 0.381 e. The molecule has 0 aromatic rings. The van der Waals surface area contributed by atoms with Crippen molar-refractivity contribution in [2.45, 2.75) is 37.4 Å². The van der Waals surface area contributed by atoms with Gasteiger partial charge in [-0.15, -0.1) is 0 Å². The van der Waals surface area contributed by atoms with E-state index >= 15 is 0 Å². The molecule has 2 N–H and O–H groups in total. The van der Waals surface area contributed by atoms with Crippen LogP contribution >= 0.6 is 0 Å². The Balaban J connectivity index is 1.94. The molecule has 1 spiro atoms. The van der Waals surface area contributed by atoms with Crippen LogP contribution < -0.4 is 5.73 Å². The number of ether oxygens (including phenoxy) is 2. The summed E-state index contributed by atoms with van der Waals surface area (Å²) in [5.74, 6) is 0. The summed E-state index contributed by atoms with van der Waals surface area (Å²) < 4.78 is 11.5. The topological polar surface area (TPSA) is 47.7 Å². The minimum Gasteiger partial charge on any atom is -0.381 e. The van der Waals surface area contributed by atoms with Gasteiger partial charge in [-0.2, -0.15) is 0 Å². The van der Waals surface area contributed by atoms with Crippen molar-refractivity contribution in [3.63, 3.8) is 0 Å². The first-order chi connectivity index (χ1) is 7.78. The van der Waals surface area contributed by atoms with Crippen LogP contribution in [-0.2, 0) is 9.47 Å². The molecule has 0 radical (unpaired) electrons. The highest BCUT2D eigenvalue weighted by Gasteiger charge is 2.40. The fourth-order valence-electron chi connectivity index (χ4n) is 3.03. The molecule has 2 aliphatic rings. The molecule has 0 amide bonds. The smallest absolute Gasteiger partial charge is 0.0833 e. The summed E-state index contributed by atoms with van der Waals surface area (Å²) in [4.78, 5) is 2.43. The molecule has 16 heavy (non-hydrogen) atoms. The van der Waals surface area contributed by atoms with E-state index in [1.807, 2.05) is 7.11 Å². The third-order valence-corrected chi connectivity index (χ3v) is 3.84. The molecule has 2 atom stereocenters. The summed E-state index contributed by atoms with van der Waals surface area (Å²) in [6.07, 6.45) is 4.86. The molecule has 2 fully saturated rings. The lowest BCUT2D eigenvalue weighted by molar-refractivity contribution is -0.152. The van der Waals surface area contributed by atoms with Crippen LogP contribution in [0.5, 0.6) is 0 Å². The van der Waals surface area contributed by atoms with Gasteiger partial charge in [0.1, 0.15) is 0 Å². The number of nitrogens with two attached hydrogens (primary N) is 1. The van der Waals surface area contributed by atoms with Gasteiger partial charge in [-0.1, -0.05) is 0 Å². The van der Waals surface area contributed by atoms with Crippen LogP contribution in [0, 0.1) is 0 Å². The van der Waals surface area contributed by atoms with Crippen molar-refractivity contribution >= 4 is 0 Å². The summed E-state index contributed by atoms with van der Waals surface area (Å²) in [6, 6.07) is 0. The molecule has 4 heteroatoms. The SMILES string of the molecule is CO[C@@H]1CCO[C@]2(CCCN(CCN)C2)C1. The third kappa shape index (κ3) is 2.74. The highest BCUT2D eigenvalue weighted by Crippen LogP contribution is 2.34. The van der Waals surface area contributed by atoms with Gasteiger partial charge in [0, 0.05) is 39.8 Å². The van der Waals surface area contributed by atoms with E-state index in [4.69, 9.17) is 15.2 Å². The number of nitrogens with zero attached hydrogens (tertiary/aromatic N) is 1. The molecule has 0 saturated carbocycles. The summed E-state index contributed by atoms with van der Waals surface area (Å²) in [7, 11) is 1.81. The predicted molar refractivity (Wildman–Crippen MR) is 63.4 cm³/mol. The van der Waals surface area contributed by atoms with Crippen LogP contribution in [0.15, 0.2) is 0 Å². The van der Waals surface area contributed by atoms with E-state index in [1.165, 1.54) is 19.4 Å². The minimum absolute atomic E-state index is 0.0480. The Morgan fingerprint density at radius 2 is 2.44 bits per heavy atom. The van der Waals surface area contributed by atoms with Crippen LogP contribution in [0.2, 0.25) is 0 Å². The summed E-state index contributed by atoms with van der Waals surface area (Å²) in [5.41, 5.74) is 5.67. The maximum absolute atomic E-state index is 6.05. The number of hydrogen-bond acceptors (Lipinski definition) is 4. The van der Waals surface area contributed by atoms with Crippen LogP contribution in [0.1, 0.15) is 25.7 Å². The minimum atomic E-state index is 0.0480. The van der Waals surface area contributed by atoms with Gasteiger partial charge in [0.25, 0.3) is 0 Å². The highest BCUT2D eigenvalue weighted by molar-refractivity contribution is 4.93. The first-order valence-corrected chi connectivity index (χ1v) is 6.37. The first-order valence-electron chi connectivity index (χ1n) is 6.37. The van der Waals surface area contributed by atoms with Gasteiger partial charge >= 0.3 is 0 Å². The zero-order valence-corrected chi connectivity index (χ0v) is 10.3. The molecule has 94 valence electrons. The monoisotopic (exact) mass is 228 g/mol. The molecule has 0 aromatic heterocycles. The summed E-state index contributed by atoms with van der Waals surface area (Å²) in [6.45, 7) is 4.77. The Hall–Kier alpha value is -0.160. The van der Waals surface area contributed by atoms with Crippen LogP contribution in [-0.4, -0.2) is 56.5 Å². The molecule has 2 heterocycles. The Kier molecular flexibility index (Phi) is 4.19. The van der Waals surface area contributed by atoms with Crippen molar-refractivity contribution < 1.29 is 9.47 Å². The number of piperidine rings is 1. The van der Waals surface area contributed by atoms with E-state index in [0.717, 1.165) is 39.1 Å². The van der Waals surface area contributed by atoms with Gasteiger partial charge in [-0.05, 0) is 25.8 Å². The number of methoxy groups -OCH3 is 1. The average molecular weight is 228 g/mol. The molecular formula is C12H24N2O2. The lowest BCUT2D eigenvalue weighted by Gasteiger charge is -2.46. The maximum Gasteiger partial charge on any atom is 0.0833 e. The Morgan fingerprint density at radius 1 is 1.56 bits per heavy atom. The first kappa shape index (κ1) is 12.3. The number of hydrogen-bond donors (Lipinski definition) is 1. The van der Waals surface area contributed by atoms with Crippen molar-refractivity contribution in [2.75, 3.05) is 39.9 Å². The van der Waals surface area contributed by atoms with E-state index < -0.39 is 0 Å². The quantitative estimate of drug-likeness (QED) is 0.768. The Labute approximate surface area is 98.1 Å². The molecule has 4 nitrogen and oxygen atoms in total. The lowest BCUT2D eigenvalue weighted by Crippen LogP contribution is -2.54. The fraction of sp³-hybridized carbons (Fsp3) is 1.00. The second-order valence-corrected chi connectivity index (χ2v) is 5.05. The third-order valence-electron chi connectivity index (χ3n) is 3.84. The molecule has 2 rings (SSSR count). The van der Waals surface area contributed by atoms with E-state index in [1.54, 1.807) is 0 Å². The van der Waals surface area contributed by atoms with Gasteiger partial charge < -0.3 is 15.2 Å². The molecule has 2 aliphatic heterocycles. The standard InChI is InChI=1S/C12H24N2O2/c1-15-11-3-8-16-12(9-11)4-2-6-14(10-12)7-5-13/h11H,2-10,13H2,1H3/t11-,12-/m1/s1. The maximum atomic E-state index is 6.05. The van der Waals surface area contributed by atoms with Gasteiger partial charge in [0.05, 0.1) is 11.7 Å². The van der Waals surface area contributed by atoms with Crippen molar-refractivity contribution in [2.24, 2.45) is 5.73 Å². The van der Waals surface area contributed by atoms with Crippen molar-refractivity contribution in [1.82, 2.24) is 4.90 Å². The van der Waals surface area contributed by atoms with Crippen molar-refractivity contribution in [3.8, 4) is 0 Å². The van der Waals surface area contributed by atoms with E-state index in [-0.39, 0.29) is 5.60 Å². The van der Waals surface area contributed by atoms with E-state index in [9.17, 15) is 0 Å². The predicted octanol–water partition coefficient (Wildman–Crippen LogP) is 0.605. The second kappa shape index (κ2) is 5.45. The zero-order chi connectivity index (χ0) is 11.4.